The molecule has 0 radical (unpaired) electrons. The first-order chi connectivity index (χ1) is 8.31. The van der Waals surface area contributed by atoms with Gasteiger partial charge >= 0.3 is 0 Å². The van der Waals surface area contributed by atoms with E-state index in [2.05, 4.69) is 6.92 Å². The van der Waals surface area contributed by atoms with Gasteiger partial charge in [-0.15, -0.1) is 0 Å². The molecule has 1 unspecified atom stereocenters. The molecule has 0 aromatic rings. The van der Waals surface area contributed by atoms with E-state index in [9.17, 15) is 4.79 Å². The van der Waals surface area contributed by atoms with E-state index in [-0.39, 0.29) is 5.92 Å². The van der Waals surface area contributed by atoms with Gasteiger partial charge in [0.1, 0.15) is 5.78 Å². The Morgan fingerprint density at radius 1 is 1.12 bits per heavy atom. The van der Waals surface area contributed by atoms with Crippen LogP contribution < -0.4 is 0 Å². The van der Waals surface area contributed by atoms with Crippen LogP contribution in [0.25, 0.3) is 0 Å². The molecule has 98 valence electrons. The molecule has 1 aliphatic heterocycles. The van der Waals surface area contributed by atoms with Gasteiger partial charge in [0, 0.05) is 18.4 Å². The summed E-state index contributed by atoms with van der Waals surface area (Å²) in [5.74, 6) is 1.98. The van der Waals surface area contributed by atoms with Crippen molar-refractivity contribution < 1.29 is 9.53 Å². The van der Waals surface area contributed by atoms with Gasteiger partial charge in [-0.05, 0) is 44.4 Å². The first-order valence-corrected chi connectivity index (χ1v) is 7.42. The fourth-order valence-electron chi connectivity index (χ4n) is 3.44. The predicted octanol–water partition coefficient (Wildman–Crippen LogP) is 3.59. The highest BCUT2D eigenvalue weighted by Crippen LogP contribution is 2.34. The lowest BCUT2D eigenvalue weighted by atomic mass is 9.75. The van der Waals surface area contributed by atoms with Gasteiger partial charge in [0.2, 0.25) is 0 Å². The molecular weight excluding hydrogens is 212 g/mol. The molecule has 2 fully saturated rings. The third-order valence-corrected chi connectivity index (χ3v) is 4.51. The molecule has 17 heavy (non-hydrogen) atoms. The molecule has 0 N–H and O–H groups in total. The van der Waals surface area contributed by atoms with E-state index in [1.165, 1.54) is 25.7 Å². The maximum Gasteiger partial charge on any atom is 0.141 e. The smallest absolute Gasteiger partial charge is 0.141 e. The normalized spacial score (nSPS) is 34.5. The Morgan fingerprint density at radius 2 is 1.88 bits per heavy atom. The molecule has 1 aliphatic carbocycles. The second kappa shape index (κ2) is 6.53. The molecule has 1 saturated carbocycles. The fraction of sp³-hybridized carbons (Fsp3) is 0.933. The van der Waals surface area contributed by atoms with Crippen LogP contribution in [0.5, 0.6) is 0 Å². The molecule has 1 heterocycles. The van der Waals surface area contributed by atoms with Gasteiger partial charge in [-0.25, -0.2) is 0 Å². The van der Waals surface area contributed by atoms with Gasteiger partial charge in [0.15, 0.2) is 0 Å². The largest absolute Gasteiger partial charge is 0.381 e. The van der Waals surface area contributed by atoms with Gasteiger partial charge < -0.3 is 4.74 Å². The Kier molecular flexibility index (Phi) is 5.02. The number of carbonyl (C=O) groups excluding carboxylic acids is 1. The summed E-state index contributed by atoms with van der Waals surface area (Å²) in [6.07, 6.45) is 9.61. The van der Waals surface area contributed by atoms with Gasteiger partial charge in [-0.3, -0.25) is 4.79 Å². The number of carbonyl (C=O) groups is 1. The third kappa shape index (κ3) is 3.54. The molecule has 2 aliphatic rings. The highest BCUT2D eigenvalue weighted by Gasteiger charge is 2.31. The van der Waals surface area contributed by atoms with Crippen LogP contribution in [0.15, 0.2) is 0 Å². The maximum atomic E-state index is 12.3. The first kappa shape index (κ1) is 13.1. The van der Waals surface area contributed by atoms with Gasteiger partial charge in [-0.2, -0.15) is 0 Å². The summed E-state index contributed by atoms with van der Waals surface area (Å²) in [4.78, 5) is 12.3. The molecule has 0 amide bonds. The average molecular weight is 238 g/mol. The number of ketones is 1. The highest BCUT2D eigenvalue weighted by atomic mass is 16.5. The Bertz CT molecular complexity index is 235. The quantitative estimate of drug-likeness (QED) is 0.748. The molecule has 0 aromatic carbocycles. The van der Waals surface area contributed by atoms with Crippen molar-refractivity contribution in [3.05, 3.63) is 0 Å². The second-order valence-corrected chi connectivity index (χ2v) is 5.82. The lowest BCUT2D eigenvalue weighted by Crippen LogP contribution is -2.32. The van der Waals surface area contributed by atoms with Gasteiger partial charge in [-0.1, -0.05) is 19.8 Å². The lowest BCUT2D eigenvalue weighted by molar-refractivity contribution is -0.132. The first-order valence-electron chi connectivity index (χ1n) is 7.42. The van der Waals surface area contributed by atoms with E-state index in [0.29, 0.717) is 18.3 Å². The third-order valence-electron chi connectivity index (χ3n) is 4.51. The van der Waals surface area contributed by atoms with E-state index in [1.54, 1.807) is 0 Å². The summed E-state index contributed by atoms with van der Waals surface area (Å²) in [6.45, 7) is 3.80. The number of hydrogen-bond donors (Lipinski definition) is 0. The standard InChI is InChI=1S/C15H26O2/c1-2-4-12-6-8-13(9-7-12)15(16)14-5-3-10-17-11-14/h12-14H,2-11H2,1H3. The second-order valence-electron chi connectivity index (χ2n) is 5.82. The van der Waals surface area contributed by atoms with Crippen molar-refractivity contribution in [2.75, 3.05) is 13.2 Å². The fourth-order valence-corrected chi connectivity index (χ4v) is 3.44. The van der Waals surface area contributed by atoms with Crippen LogP contribution in [-0.4, -0.2) is 19.0 Å². The minimum Gasteiger partial charge on any atom is -0.381 e. The zero-order chi connectivity index (χ0) is 12.1. The SMILES string of the molecule is CCCC1CCC(C(=O)C2CCCOC2)CC1. The van der Waals surface area contributed by atoms with Crippen LogP contribution in [0.4, 0.5) is 0 Å². The monoisotopic (exact) mass is 238 g/mol. The maximum absolute atomic E-state index is 12.3. The topological polar surface area (TPSA) is 26.3 Å². The van der Waals surface area contributed by atoms with E-state index >= 15 is 0 Å². The van der Waals surface area contributed by atoms with Gasteiger partial charge in [0.25, 0.3) is 0 Å². The van der Waals surface area contributed by atoms with E-state index in [1.807, 2.05) is 0 Å². The molecule has 2 rings (SSSR count). The molecule has 0 aromatic heterocycles. The lowest BCUT2D eigenvalue weighted by Gasteiger charge is -2.31. The van der Waals surface area contributed by atoms with E-state index in [0.717, 1.165) is 38.2 Å². The Labute approximate surface area is 105 Å². The summed E-state index contributed by atoms with van der Waals surface area (Å²) in [6, 6.07) is 0. The van der Waals surface area contributed by atoms with E-state index < -0.39 is 0 Å². The Balaban J connectivity index is 1.77. The van der Waals surface area contributed by atoms with Crippen LogP contribution in [0, 0.1) is 17.8 Å². The summed E-state index contributed by atoms with van der Waals surface area (Å²) in [7, 11) is 0. The van der Waals surface area contributed by atoms with Crippen LogP contribution in [0.2, 0.25) is 0 Å². The van der Waals surface area contributed by atoms with Crippen LogP contribution >= 0.6 is 0 Å². The summed E-state index contributed by atoms with van der Waals surface area (Å²) in [5.41, 5.74) is 0. The minimum atomic E-state index is 0.219. The molecule has 0 spiro atoms. The highest BCUT2D eigenvalue weighted by molar-refractivity contribution is 5.83. The molecular formula is C15H26O2. The molecule has 2 nitrogen and oxygen atoms in total. The van der Waals surface area contributed by atoms with Crippen LogP contribution in [-0.2, 0) is 9.53 Å². The summed E-state index contributed by atoms with van der Waals surface area (Å²) >= 11 is 0. The molecule has 2 heteroatoms. The molecule has 1 atom stereocenters. The van der Waals surface area contributed by atoms with E-state index in [4.69, 9.17) is 4.74 Å². The summed E-state index contributed by atoms with van der Waals surface area (Å²) in [5, 5.41) is 0. The molecule has 1 saturated heterocycles. The van der Waals surface area contributed by atoms with Crippen molar-refractivity contribution in [2.45, 2.75) is 58.3 Å². The van der Waals surface area contributed by atoms with Crippen molar-refractivity contribution in [3.63, 3.8) is 0 Å². The van der Waals surface area contributed by atoms with Crippen molar-refractivity contribution in [2.24, 2.45) is 17.8 Å². The Hall–Kier alpha value is -0.370. The van der Waals surface area contributed by atoms with Crippen molar-refractivity contribution in [3.8, 4) is 0 Å². The number of ether oxygens (including phenoxy) is 1. The van der Waals surface area contributed by atoms with Gasteiger partial charge in [0.05, 0.1) is 6.61 Å². The van der Waals surface area contributed by atoms with Crippen LogP contribution in [0.1, 0.15) is 58.3 Å². The zero-order valence-corrected chi connectivity index (χ0v) is 11.1. The van der Waals surface area contributed by atoms with Crippen molar-refractivity contribution in [1.82, 2.24) is 0 Å². The average Bonchev–Trinajstić information content (AvgIpc) is 2.40. The van der Waals surface area contributed by atoms with Crippen molar-refractivity contribution >= 4 is 5.78 Å². The predicted molar refractivity (Wildman–Crippen MR) is 68.9 cm³/mol. The Morgan fingerprint density at radius 3 is 2.47 bits per heavy atom. The van der Waals surface area contributed by atoms with Crippen LogP contribution in [0.3, 0.4) is 0 Å². The van der Waals surface area contributed by atoms with Crippen molar-refractivity contribution in [1.29, 1.82) is 0 Å². The molecule has 0 bridgehead atoms. The zero-order valence-electron chi connectivity index (χ0n) is 11.1. The number of Topliss-reactive ketones (excluding diaryl/α,β-unsaturated/α-hetero) is 1. The summed E-state index contributed by atoms with van der Waals surface area (Å²) < 4.78 is 5.43. The number of rotatable bonds is 4. The number of hydrogen-bond acceptors (Lipinski definition) is 2. The minimum absolute atomic E-state index is 0.219.